The summed E-state index contributed by atoms with van der Waals surface area (Å²) in [6, 6.07) is 0. The first-order chi connectivity index (χ1) is 5.93. The number of carboxylic acid groups (broad SMARTS) is 1. The van der Waals surface area contributed by atoms with E-state index in [0.29, 0.717) is 0 Å². The van der Waals surface area contributed by atoms with E-state index in [-0.39, 0.29) is 9.32 Å². The fraction of sp³-hybridized carbons (Fsp3) is 0.333. The molecule has 0 spiro atoms. The van der Waals surface area contributed by atoms with E-state index in [1.165, 1.54) is 6.34 Å². The van der Waals surface area contributed by atoms with Crippen molar-refractivity contribution in [2.45, 2.75) is 0 Å². The van der Waals surface area contributed by atoms with Gasteiger partial charge in [0.05, 0.1) is 0 Å². The first-order valence-electron chi connectivity index (χ1n) is 3.15. The predicted molar refractivity (Wildman–Crippen MR) is 48.1 cm³/mol. The predicted octanol–water partition coefficient (Wildman–Crippen LogP) is -0.0676. The van der Waals surface area contributed by atoms with Gasteiger partial charge in [-0.3, -0.25) is 0 Å². The minimum atomic E-state index is -1.08. The molecule has 7 heteroatoms. The number of carboxylic acids is 1. The molecule has 0 aliphatic rings. The second kappa shape index (κ2) is 6.00. The molecular weight excluding hydrogens is 365 g/mol. The van der Waals surface area contributed by atoms with Crippen LogP contribution < -0.4 is 0 Å². The van der Waals surface area contributed by atoms with Crippen molar-refractivity contribution in [2.24, 2.45) is 9.98 Å². The van der Waals surface area contributed by atoms with Gasteiger partial charge >= 0.3 is 91.5 Å². The quantitative estimate of drug-likeness (QED) is 0.428. The molecule has 0 atom stereocenters. The number of rotatable bonds is 3. The summed E-state index contributed by atoms with van der Waals surface area (Å²) in [6.45, 7) is 0. The van der Waals surface area contributed by atoms with Crippen LogP contribution in [0.5, 0.6) is 0 Å². The van der Waals surface area contributed by atoms with Crippen LogP contribution in [-0.4, -0.2) is 45.7 Å². The molecule has 0 aliphatic heterocycles. The van der Waals surface area contributed by atoms with Gasteiger partial charge in [0.1, 0.15) is 0 Å². The van der Waals surface area contributed by atoms with Gasteiger partial charge in [-0.15, -0.1) is 0 Å². The summed E-state index contributed by atoms with van der Waals surface area (Å²) in [5.74, 6) is -1.08. The van der Waals surface area contributed by atoms with Crippen molar-refractivity contribution in [3.63, 3.8) is 0 Å². The summed E-state index contributed by atoms with van der Waals surface area (Å²) >= 11 is 6.26. The molecule has 0 saturated heterocycles. The van der Waals surface area contributed by atoms with Crippen LogP contribution in [0.2, 0.25) is 0 Å². The van der Waals surface area contributed by atoms with Crippen LogP contribution in [-0.2, 0) is 24.1 Å². The summed E-state index contributed by atoms with van der Waals surface area (Å²) in [7, 11) is 3.54. The molecule has 0 bridgehead atoms. The van der Waals surface area contributed by atoms with Crippen molar-refractivity contribution in [1.82, 2.24) is 4.90 Å². The first kappa shape index (κ1) is 12.5. The number of aliphatic carboxylic acids is 1. The molecule has 0 aromatic rings. The fourth-order valence-electron chi connectivity index (χ4n) is 0.324. The third-order valence-electron chi connectivity index (χ3n) is 0.772. The van der Waals surface area contributed by atoms with E-state index in [4.69, 9.17) is 16.7 Å². The molecule has 0 aromatic heterocycles. The van der Waals surface area contributed by atoms with E-state index < -0.39 is 5.97 Å². The second-order valence-corrected chi connectivity index (χ2v) is 3.93. The van der Waals surface area contributed by atoms with Crippen molar-refractivity contribution in [2.75, 3.05) is 14.1 Å². The zero-order valence-corrected chi connectivity index (χ0v) is 10.8. The molecule has 5 nitrogen and oxygen atoms in total. The number of aliphatic imine (C=N–C) groups is 2. The Morgan fingerprint density at radius 3 is 2.54 bits per heavy atom. The average molecular weight is 373 g/mol. The van der Waals surface area contributed by atoms with Crippen LogP contribution in [0.15, 0.2) is 9.98 Å². The third-order valence-corrected chi connectivity index (χ3v) is 1.91. The zero-order valence-electron chi connectivity index (χ0n) is 7.06. The number of hydrogen-bond acceptors (Lipinski definition) is 2. The molecule has 0 aromatic carbocycles. The van der Waals surface area contributed by atoms with Gasteiger partial charge in [-0.25, -0.2) is 0 Å². The Hall–Kier alpha value is -0.542. The first-order valence-corrected chi connectivity index (χ1v) is 5.00. The van der Waals surface area contributed by atoms with Crippen LogP contribution in [0.1, 0.15) is 0 Å². The summed E-state index contributed by atoms with van der Waals surface area (Å²) in [5.41, 5.74) is 0. The molecule has 0 rings (SSSR count). The Balaban J connectivity index is 4.34. The molecule has 0 heterocycles. The Kier molecular flexibility index (Phi) is 5.75. The van der Waals surface area contributed by atoms with Gasteiger partial charge in [-0.1, -0.05) is 0 Å². The Labute approximate surface area is 91.5 Å². The van der Waals surface area contributed by atoms with Crippen molar-refractivity contribution >= 4 is 33.2 Å². The third kappa shape index (κ3) is 6.60. The van der Waals surface area contributed by atoms with Gasteiger partial charge < -0.3 is 0 Å². The Bertz CT molecular complexity index is 275. The van der Waals surface area contributed by atoms with E-state index in [1.807, 2.05) is 0 Å². The monoisotopic (exact) mass is 373 g/mol. The zero-order chi connectivity index (χ0) is 10.4. The number of nitrogens with zero attached hydrogens (tertiary/aromatic N) is 3. The second-order valence-electron chi connectivity index (χ2n) is 2.20. The van der Waals surface area contributed by atoms with Crippen LogP contribution >= 0.6 is 11.6 Å². The average Bonchev–Trinajstić information content (AvgIpc) is 2.00. The van der Waals surface area contributed by atoms with Crippen molar-refractivity contribution < 1.29 is 29.3 Å². The number of amidine groups is 1. The van der Waals surface area contributed by atoms with Crippen LogP contribution in [0, 0.1) is 0 Å². The van der Waals surface area contributed by atoms with Crippen molar-refractivity contribution in [3.8, 4) is 0 Å². The topological polar surface area (TPSA) is 65.3 Å². The van der Waals surface area contributed by atoms with Gasteiger partial charge in [0.25, 0.3) is 0 Å². The minimum absolute atomic E-state index is 0.0130. The fourth-order valence-corrected chi connectivity index (χ4v) is 0.963. The summed E-state index contributed by atoms with van der Waals surface area (Å²) in [5, 5.41) is 8.38. The van der Waals surface area contributed by atoms with Gasteiger partial charge in [-0.2, -0.15) is 0 Å². The Morgan fingerprint density at radius 2 is 2.15 bits per heavy atom. The summed E-state index contributed by atoms with van der Waals surface area (Å²) < 4.78 is -0.0130. The van der Waals surface area contributed by atoms with Gasteiger partial charge in [0.15, 0.2) is 0 Å². The molecule has 0 aliphatic carbocycles. The molecule has 0 amide bonds. The molecule has 13 heavy (non-hydrogen) atoms. The van der Waals surface area contributed by atoms with Gasteiger partial charge in [0.2, 0.25) is 0 Å². The van der Waals surface area contributed by atoms with Crippen LogP contribution in [0.4, 0.5) is 0 Å². The summed E-state index contributed by atoms with van der Waals surface area (Å²) in [6.07, 6.45) is 1.44. The SMILES string of the molecule is CN(C)C=NC(Cl)=N[C](=[W])C(=O)O. The number of halogens is 1. The number of carbonyl (C=O) groups is 1. The van der Waals surface area contributed by atoms with E-state index in [9.17, 15) is 4.79 Å². The van der Waals surface area contributed by atoms with Gasteiger partial charge in [0, 0.05) is 0 Å². The van der Waals surface area contributed by atoms with Crippen LogP contribution in [0.25, 0.3) is 0 Å². The van der Waals surface area contributed by atoms with E-state index >= 15 is 0 Å². The van der Waals surface area contributed by atoms with E-state index in [2.05, 4.69) is 9.98 Å². The van der Waals surface area contributed by atoms with Crippen LogP contribution in [0.3, 0.4) is 0 Å². The summed E-state index contributed by atoms with van der Waals surface area (Å²) in [4.78, 5) is 19.2. The molecule has 72 valence electrons. The molecule has 1 N–H and O–H groups in total. The molecular formula is C6H8ClN3O2W. The molecule has 0 fully saturated rings. The van der Waals surface area contributed by atoms with Crippen molar-refractivity contribution in [1.29, 1.82) is 0 Å². The molecule has 0 unspecified atom stereocenters. The number of hydrogen-bond donors (Lipinski definition) is 1. The van der Waals surface area contributed by atoms with E-state index in [0.717, 1.165) is 19.4 Å². The maximum atomic E-state index is 10.3. The molecule has 0 saturated carbocycles. The maximum absolute atomic E-state index is 10.3. The standard InChI is InChI=1S/C6H8ClN3O2.W/c1-10(2)4-9-6(7)8-3-5(11)12;/h4H,1-2H3,(H,11,12);. The van der Waals surface area contributed by atoms with Crippen molar-refractivity contribution in [3.05, 3.63) is 0 Å². The normalized spacial score (nSPS) is 11.8. The van der Waals surface area contributed by atoms with E-state index in [1.54, 1.807) is 19.0 Å². The van der Waals surface area contributed by atoms with Gasteiger partial charge in [-0.05, 0) is 0 Å². The molecule has 0 radical (unpaired) electrons. The Morgan fingerprint density at radius 1 is 1.62 bits per heavy atom.